The van der Waals surface area contributed by atoms with Gasteiger partial charge in [-0.05, 0) is 29.8 Å². The van der Waals surface area contributed by atoms with Crippen molar-refractivity contribution in [3.05, 3.63) is 153 Å². The van der Waals surface area contributed by atoms with E-state index < -0.39 is 202 Å². The summed E-state index contributed by atoms with van der Waals surface area (Å²) < 4.78 is 341. The molecule has 0 saturated carbocycles. The lowest BCUT2D eigenvalue weighted by molar-refractivity contribution is -0.144. The van der Waals surface area contributed by atoms with Crippen molar-refractivity contribution in [2.24, 2.45) is 0 Å². The maximum Gasteiger partial charge on any atom is 0.416 e. The fraction of sp³-hybridized carbons (Fsp3) is 0.286. The molecule has 5 aromatic rings. The zero-order chi connectivity index (χ0) is 52.2. The third-order valence-electron chi connectivity index (χ3n) is 9.94. The van der Waals surface area contributed by atoms with E-state index in [-0.39, 0.29) is 0 Å². The molecule has 0 spiro atoms. The minimum atomic E-state index is -6.13. The summed E-state index contributed by atoms with van der Waals surface area (Å²) in [6.07, 6.45) is -53.5. The number of alkyl halides is 24. The smallest absolute Gasteiger partial charge is 0.194 e. The van der Waals surface area contributed by atoms with Crippen molar-refractivity contribution < 1.29 is 105 Å². The molecular formula is C42H28BF24P. The first-order valence-corrected chi connectivity index (χ1v) is 21.9. The normalized spacial score (nSPS) is 13.9. The van der Waals surface area contributed by atoms with Crippen LogP contribution in [0.1, 0.15) is 50.1 Å². The van der Waals surface area contributed by atoms with Crippen LogP contribution in [-0.2, 0) is 55.6 Å². The van der Waals surface area contributed by atoms with Crippen LogP contribution >= 0.6 is 7.26 Å². The van der Waals surface area contributed by atoms with Gasteiger partial charge in [0.1, 0.15) is 6.15 Å². The van der Waals surface area contributed by atoms with Crippen molar-refractivity contribution in [1.29, 1.82) is 0 Å². The van der Waals surface area contributed by atoms with Gasteiger partial charge in [-0.3, -0.25) is 0 Å². The first-order chi connectivity index (χ1) is 30.3. The zero-order valence-corrected chi connectivity index (χ0v) is 35.0. The van der Waals surface area contributed by atoms with Gasteiger partial charge in [-0.25, -0.2) is 0 Å². The number of hydrogen-bond acceptors (Lipinski definition) is 0. The number of halogens is 24. The fourth-order valence-electron chi connectivity index (χ4n) is 7.20. The first kappa shape index (κ1) is 55.5. The molecule has 0 N–H and O–H groups in total. The van der Waals surface area contributed by atoms with E-state index in [1.165, 1.54) is 11.7 Å². The summed E-state index contributed by atoms with van der Waals surface area (Å²) >= 11 is 0. The summed E-state index contributed by atoms with van der Waals surface area (Å²) in [6, 6.07) is 1.92. The Labute approximate surface area is 369 Å². The maximum absolute atomic E-state index is 14.2. The van der Waals surface area contributed by atoms with Gasteiger partial charge in [-0.1, -0.05) is 78.9 Å². The molecule has 0 atom stereocenters. The van der Waals surface area contributed by atoms with Crippen LogP contribution in [0.2, 0.25) is 0 Å². The summed E-state index contributed by atoms with van der Waals surface area (Å²) in [5, 5.41) is 0. The number of rotatable bonds is 6. The third kappa shape index (κ3) is 13.4. The molecule has 0 saturated heterocycles. The van der Waals surface area contributed by atoms with Gasteiger partial charge in [-0.15, -0.1) is 0 Å². The SMILES string of the molecule is C[P+](C)(C)Cc1ccccc1.FC(F)(F)c1cc([B-](c2cc(C(F)(F)F)cc(C(F)(F)F)c2)(c2cc(C(F)(F)F)cc(C(F)(F)F)c2)c2cc(C(F)(F)F)cc(C(F)(F)F)c2)cc(C(F)(F)F)c1. The summed E-state index contributed by atoms with van der Waals surface area (Å²) in [5.41, 5.74) is -28.7. The molecular weight excluding hydrogens is 1000 g/mol. The van der Waals surface area contributed by atoms with Crippen molar-refractivity contribution >= 4 is 35.3 Å². The molecule has 0 amide bonds. The maximum atomic E-state index is 14.2. The quantitative estimate of drug-likeness (QED) is 0.0903. The molecule has 0 nitrogen and oxygen atoms in total. The average molecular weight is 1030 g/mol. The predicted molar refractivity (Wildman–Crippen MR) is 205 cm³/mol. The Morgan fingerprint density at radius 3 is 0.618 bits per heavy atom. The molecule has 5 aromatic carbocycles. The molecule has 0 aliphatic rings. The van der Waals surface area contributed by atoms with Crippen LogP contribution in [0.15, 0.2) is 103 Å². The largest absolute Gasteiger partial charge is 0.416 e. The highest BCUT2D eigenvalue weighted by atomic mass is 31.2. The van der Waals surface area contributed by atoms with Gasteiger partial charge < -0.3 is 0 Å². The van der Waals surface area contributed by atoms with Crippen molar-refractivity contribution in [2.45, 2.75) is 55.6 Å². The Kier molecular flexibility index (Phi) is 15.0. The van der Waals surface area contributed by atoms with Crippen LogP contribution in [0.25, 0.3) is 0 Å². The standard InChI is InChI=1S/C32H12BF24.C10H16P/c34-25(35,36)13-1-14(26(37,38)39)6-21(5-13)33(22-7-15(27(40,41)42)2-16(8-22)28(43,44)45,23-9-17(29(46,47)48)3-18(10-23)30(49,50)51)24-11-19(31(52,53)54)4-20(12-24)32(55,56)57;1-11(2,3)9-10-7-5-4-6-8-10/h1-12H;4-8H,9H2,1-3H3/q-1;+1. The van der Waals surface area contributed by atoms with E-state index >= 15 is 0 Å². The van der Waals surface area contributed by atoms with Crippen LogP contribution in [0.5, 0.6) is 0 Å². The van der Waals surface area contributed by atoms with E-state index in [9.17, 15) is 105 Å². The second-order valence-corrected chi connectivity index (χ2v) is 21.1. The molecule has 0 aliphatic heterocycles. The van der Waals surface area contributed by atoms with Gasteiger partial charge in [0.25, 0.3) is 0 Å². The van der Waals surface area contributed by atoms with E-state index in [0.29, 0.717) is 0 Å². The monoisotopic (exact) mass is 1030 g/mol. The summed E-state index contributed by atoms with van der Waals surface area (Å²) in [4.78, 5) is 0. The van der Waals surface area contributed by atoms with Crippen molar-refractivity contribution in [3.8, 4) is 0 Å². The van der Waals surface area contributed by atoms with E-state index in [1.807, 2.05) is 0 Å². The van der Waals surface area contributed by atoms with Crippen LogP contribution in [0.4, 0.5) is 105 Å². The molecule has 372 valence electrons. The van der Waals surface area contributed by atoms with Crippen LogP contribution in [-0.4, -0.2) is 26.1 Å². The van der Waals surface area contributed by atoms with Crippen LogP contribution in [0.3, 0.4) is 0 Å². The van der Waals surface area contributed by atoms with Crippen molar-refractivity contribution in [3.63, 3.8) is 0 Å². The summed E-state index contributed by atoms with van der Waals surface area (Å²) in [6.45, 7) is 7.12. The Morgan fingerprint density at radius 2 is 0.471 bits per heavy atom. The lowest BCUT2D eigenvalue weighted by Crippen LogP contribution is -2.75. The lowest BCUT2D eigenvalue weighted by atomic mass is 9.12. The number of benzene rings is 5. The second-order valence-electron chi connectivity index (χ2n) is 16.2. The number of hydrogen-bond donors (Lipinski definition) is 0. The van der Waals surface area contributed by atoms with E-state index in [2.05, 4.69) is 50.3 Å². The molecule has 68 heavy (non-hydrogen) atoms. The van der Waals surface area contributed by atoms with E-state index in [4.69, 9.17) is 0 Å². The topological polar surface area (TPSA) is 0 Å². The van der Waals surface area contributed by atoms with Gasteiger partial charge in [0.05, 0.1) is 50.7 Å². The molecule has 0 fully saturated rings. The van der Waals surface area contributed by atoms with Gasteiger partial charge >= 0.3 is 49.4 Å². The molecule has 0 aromatic heterocycles. The van der Waals surface area contributed by atoms with Gasteiger partial charge in [0.15, 0.2) is 0 Å². The predicted octanol–water partition coefficient (Wildman–Crippen LogP) is 14.3. The highest BCUT2D eigenvalue weighted by Gasteiger charge is 2.47. The van der Waals surface area contributed by atoms with Crippen molar-refractivity contribution in [1.82, 2.24) is 0 Å². The van der Waals surface area contributed by atoms with Gasteiger partial charge in [-0.2, -0.15) is 127 Å². The minimum Gasteiger partial charge on any atom is -0.194 e. The van der Waals surface area contributed by atoms with E-state index in [1.54, 1.807) is 0 Å². The van der Waals surface area contributed by atoms with Crippen LogP contribution < -0.4 is 21.9 Å². The second kappa shape index (κ2) is 18.3. The third-order valence-corrected chi connectivity index (χ3v) is 11.3. The highest BCUT2D eigenvalue weighted by molar-refractivity contribution is 7.73. The highest BCUT2D eigenvalue weighted by Crippen LogP contribution is 2.50. The molecule has 0 bridgehead atoms. The minimum absolute atomic E-state index is 0.638. The fourth-order valence-corrected chi connectivity index (χ4v) is 8.51. The lowest BCUT2D eigenvalue weighted by Gasteiger charge is -2.46. The zero-order valence-electron chi connectivity index (χ0n) is 34.1. The first-order valence-electron chi connectivity index (χ1n) is 18.5. The average Bonchev–Trinajstić information content (AvgIpc) is 3.15. The van der Waals surface area contributed by atoms with Crippen molar-refractivity contribution in [2.75, 3.05) is 20.0 Å². The van der Waals surface area contributed by atoms with E-state index in [0.717, 1.165) is 0 Å². The Hall–Kier alpha value is -5.09. The van der Waals surface area contributed by atoms with Gasteiger partial charge in [0, 0.05) is 27.3 Å². The molecule has 5 rings (SSSR count). The van der Waals surface area contributed by atoms with Crippen LogP contribution in [0, 0.1) is 0 Å². The molecule has 0 aliphatic carbocycles. The summed E-state index contributed by atoms with van der Waals surface area (Å²) in [5.74, 6) is 0. The molecule has 0 radical (unpaired) electrons. The Balaban J connectivity index is 0.000000802. The molecule has 0 unspecified atom stereocenters. The molecule has 0 heterocycles. The molecule has 26 heteroatoms. The summed E-state index contributed by atoms with van der Waals surface area (Å²) in [7, 11) is -0.638. The Morgan fingerprint density at radius 1 is 0.294 bits per heavy atom. The Bertz CT molecular complexity index is 2130. The van der Waals surface area contributed by atoms with Gasteiger partial charge in [0.2, 0.25) is 0 Å².